The van der Waals surface area contributed by atoms with Gasteiger partial charge in [-0.15, -0.1) is 0 Å². The first kappa shape index (κ1) is 16.7. The number of amides is 1. The van der Waals surface area contributed by atoms with Crippen LogP contribution in [0.25, 0.3) is 0 Å². The standard InChI is InChI=1S/C15H18N2O6/c1-4-22-14(20)8-6-10(18)16-13-11(12(8)19)9(7-17(13)3)15(21)23-5-2/h7-8H,4-6H2,1-3H3,(H,16,18). The van der Waals surface area contributed by atoms with Gasteiger partial charge in [0.05, 0.1) is 24.3 Å². The topological polar surface area (TPSA) is 104 Å². The minimum absolute atomic E-state index is 0.0187. The molecule has 23 heavy (non-hydrogen) atoms. The van der Waals surface area contributed by atoms with E-state index in [9.17, 15) is 19.2 Å². The predicted molar refractivity (Wildman–Crippen MR) is 79.1 cm³/mol. The van der Waals surface area contributed by atoms with Crippen molar-refractivity contribution in [3.63, 3.8) is 0 Å². The molecule has 2 rings (SSSR count). The Hall–Kier alpha value is -2.64. The van der Waals surface area contributed by atoms with E-state index in [0.717, 1.165) is 0 Å². The van der Waals surface area contributed by atoms with Crippen molar-refractivity contribution in [1.29, 1.82) is 0 Å². The zero-order valence-electron chi connectivity index (χ0n) is 13.2. The van der Waals surface area contributed by atoms with Crippen LogP contribution in [-0.4, -0.2) is 41.4 Å². The SMILES string of the molecule is CCOC(=O)c1cn(C)c2c1C(=O)C(C(=O)OCC)CC(=O)N2. The number of ether oxygens (including phenoxy) is 2. The average Bonchev–Trinajstić information content (AvgIpc) is 2.74. The van der Waals surface area contributed by atoms with Crippen LogP contribution >= 0.6 is 0 Å². The fraction of sp³-hybridized carbons (Fsp3) is 0.467. The van der Waals surface area contributed by atoms with E-state index >= 15 is 0 Å². The molecule has 1 N–H and O–H groups in total. The number of nitrogens with zero attached hydrogens (tertiary/aromatic N) is 1. The number of hydrogen-bond acceptors (Lipinski definition) is 6. The van der Waals surface area contributed by atoms with E-state index in [1.54, 1.807) is 20.9 Å². The Morgan fingerprint density at radius 2 is 1.91 bits per heavy atom. The number of aryl methyl sites for hydroxylation is 1. The van der Waals surface area contributed by atoms with Gasteiger partial charge in [0.1, 0.15) is 11.7 Å². The van der Waals surface area contributed by atoms with Crippen molar-refractivity contribution in [2.75, 3.05) is 18.5 Å². The summed E-state index contributed by atoms with van der Waals surface area (Å²) in [5.41, 5.74) is 0.000650. The first-order valence-electron chi connectivity index (χ1n) is 7.27. The van der Waals surface area contributed by atoms with Gasteiger partial charge in [0.25, 0.3) is 0 Å². The summed E-state index contributed by atoms with van der Waals surface area (Å²) in [5.74, 6) is -3.68. The molecule has 0 aliphatic carbocycles. The summed E-state index contributed by atoms with van der Waals surface area (Å²) in [4.78, 5) is 48.7. The van der Waals surface area contributed by atoms with Crippen molar-refractivity contribution in [2.24, 2.45) is 13.0 Å². The highest BCUT2D eigenvalue weighted by molar-refractivity contribution is 6.20. The molecule has 8 nitrogen and oxygen atoms in total. The number of carbonyl (C=O) groups is 4. The van der Waals surface area contributed by atoms with E-state index in [4.69, 9.17) is 9.47 Å². The lowest BCUT2D eigenvalue weighted by molar-refractivity contribution is -0.147. The van der Waals surface area contributed by atoms with E-state index in [1.807, 2.05) is 0 Å². The second-order valence-electron chi connectivity index (χ2n) is 5.02. The fourth-order valence-electron chi connectivity index (χ4n) is 2.46. The van der Waals surface area contributed by atoms with Crippen LogP contribution in [0.15, 0.2) is 6.20 Å². The van der Waals surface area contributed by atoms with Crippen molar-refractivity contribution in [3.8, 4) is 0 Å². The molecule has 0 saturated carbocycles. The molecule has 8 heteroatoms. The molecule has 0 spiro atoms. The van der Waals surface area contributed by atoms with Crippen LogP contribution in [0.5, 0.6) is 0 Å². The van der Waals surface area contributed by atoms with Crippen LogP contribution < -0.4 is 5.32 Å². The number of ketones is 1. The zero-order chi connectivity index (χ0) is 17.1. The van der Waals surface area contributed by atoms with Gasteiger partial charge in [-0.05, 0) is 13.8 Å². The molecule has 0 radical (unpaired) electrons. The van der Waals surface area contributed by atoms with Crippen LogP contribution in [0.2, 0.25) is 0 Å². The van der Waals surface area contributed by atoms with Crippen molar-refractivity contribution in [3.05, 3.63) is 17.3 Å². The van der Waals surface area contributed by atoms with Gasteiger partial charge in [0.15, 0.2) is 5.78 Å². The molecule has 0 aromatic carbocycles. The Labute approximate surface area is 132 Å². The largest absolute Gasteiger partial charge is 0.465 e. The first-order valence-corrected chi connectivity index (χ1v) is 7.27. The minimum Gasteiger partial charge on any atom is -0.465 e. The minimum atomic E-state index is -1.27. The molecular formula is C15H18N2O6. The lowest BCUT2D eigenvalue weighted by Crippen LogP contribution is -2.28. The number of hydrogen-bond donors (Lipinski definition) is 1. The van der Waals surface area contributed by atoms with Gasteiger partial charge in [0, 0.05) is 19.7 Å². The van der Waals surface area contributed by atoms with Gasteiger partial charge < -0.3 is 19.4 Å². The Kier molecular flexibility index (Phi) is 4.83. The first-order chi connectivity index (χ1) is 10.9. The molecule has 0 saturated heterocycles. The number of nitrogens with one attached hydrogen (secondary N) is 1. The number of fused-ring (bicyclic) bond motifs is 1. The van der Waals surface area contributed by atoms with E-state index in [1.165, 1.54) is 10.8 Å². The van der Waals surface area contributed by atoms with Crippen LogP contribution in [0, 0.1) is 5.92 Å². The second-order valence-corrected chi connectivity index (χ2v) is 5.02. The van der Waals surface area contributed by atoms with Gasteiger partial charge >= 0.3 is 11.9 Å². The highest BCUT2D eigenvalue weighted by atomic mass is 16.5. The van der Waals surface area contributed by atoms with Crippen LogP contribution in [-0.2, 0) is 26.1 Å². The number of rotatable bonds is 4. The molecule has 1 aromatic rings. The molecule has 2 heterocycles. The molecule has 1 aliphatic heterocycles. The van der Waals surface area contributed by atoms with Gasteiger partial charge in [-0.1, -0.05) is 0 Å². The third-order valence-corrected chi connectivity index (χ3v) is 3.46. The van der Waals surface area contributed by atoms with E-state index in [2.05, 4.69) is 5.32 Å². The average molecular weight is 322 g/mol. The number of aromatic nitrogens is 1. The maximum absolute atomic E-state index is 12.7. The number of Topliss-reactive ketones (excluding diaryl/α,β-unsaturated/α-hetero) is 1. The fourth-order valence-corrected chi connectivity index (χ4v) is 2.46. The highest BCUT2D eigenvalue weighted by Gasteiger charge is 2.39. The molecule has 1 aliphatic rings. The quantitative estimate of drug-likeness (QED) is 0.652. The molecule has 1 amide bonds. The lowest BCUT2D eigenvalue weighted by Gasteiger charge is -2.11. The van der Waals surface area contributed by atoms with Crippen LogP contribution in [0.4, 0.5) is 5.82 Å². The Morgan fingerprint density at radius 3 is 2.52 bits per heavy atom. The molecule has 1 unspecified atom stereocenters. The van der Waals surface area contributed by atoms with Gasteiger partial charge in [-0.25, -0.2) is 4.79 Å². The molecule has 1 atom stereocenters. The van der Waals surface area contributed by atoms with Gasteiger partial charge in [-0.2, -0.15) is 0 Å². The number of anilines is 1. The smallest absolute Gasteiger partial charge is 0.340 e. The monoisotopic (exact) mass is 322 g/mol. The normalized spacial score (nSPS) is 17.1. The molecular weight excluding hydrogens is 304 g/mol. The van der Waals surface area contributed by atoms with Crippen molar-refractivity contribution < 1.29 is 28.7 Å². The third kappa shape index (κ3) is 3.10. The van der Waals surface area contributed by atoms with Crippen molar-refractivity contribution >= 4 is 29.4 Å². The summed E-state index contributed by atoms with van der Waals surface area (Å²) in [6.07, 6.45) is 1.07. The van der Waals surface area contributed by atoms with Crippen LogP contribution in [0.1, 0.15) is 41.0 Å². The summed E-state index contributed by atoms with van der Waals surface area (Å²) in [5, 5.41) is 2.55. The summed E-state index contributed by atoms with van der Waals surface area (Å²) in [7, 11) is 1.58. The maximum Gasteiger partial charge on any atom is 0.340 e. The second kappa shape index (κ2) is 6.64. The number of esters is 2. The third-order valence-electron chi connectivity index (χ3n) is 3.46. The molecule has 0 bridgehead atoms. The molecule has 124 valence electrons. The van der Waals surface area contributed by atoms with Gasteiger partial charge in [-0.3, -0.25) is 14.4 Å². The summed E-state index contributed by atoms with van der Waals surface area (Å²) in [6, 6.07) is 0. The van der Waals surface area contributed by atoms with E-state index in [0.29, 0.717) is 0 Å². The Balaban J connectivity index is 2.52. The number of carbonyl (C=O) groups excluding carboxylic acids is 4. The summed E-state index contributed by atoms with van der Waals surface area (Å²) >= 11 is 0. The zero-order valence-corrected chi connectivity index (χ0v) is 13.2. The predicted octanol–water partition coefficient (Wildman–Crippen LogP) is 0.906. The molecule has 1 aromatic heterocycles. The highest BCUT2D eigenvalue weighted by Crippen LogP contribution is 2.30. The van der Waals surface area contributed by atoms with Crippen molar-refractivity contribution in [2.45, 2.75) is 20.3 Å². The van der Waals surface area contributed by atoms with Crippen LogP contribution in [0.3, 0.4) is 0 Å². The lowest BCUT2D eigenvalue weighted by atomic mass is 9.94. The van der Waals surface area contributed by atoms with Crippen molar-refractivity contribution in [1.82, 2.24) is 4.57 Å². The Morgan fingerprint density at radius 1 is 1.26 bits per heavy atom. The summed E-state index contributed by atoms with van der Waals surface area (Å²) < 4.78 is 11.2. The van der Waals surface area contributed by atoms with E-state index in [-0.39, 0.29) is 36.6 Å². The summed E-state index contributed by atoms with van der Waals surface area (Å²) in [6.45, 7) is 3.49. The maximum atomic E-state index is 12.7. The molecule has 0 fully saturated rings. The van der Waals surface area contributed by atoms with E-state index < -0.39 is 29.5 Å². The van der Waals surface area contributed by atoms with Gasteiger partial charge in [0.2, 0.25) is 5.91 Å². The Bertz CT molecular complexity index is 676.